The van der Waals surface area contributed by atoms with Gasteiger partial charge in [0, 0.05) is 10.7 Å². The number of rotatable bonds is 2. The summed E-state index contributed by atoms with van der Waals surface area (Å²) in [6.45, 7) is 0. The van der Waals surface area contributed by atoms with Crippen LogP contribution in [0, 0.1) is 0 Å². The summed E-state index contributed by atoms with van der Waals surface area (Å²) in [7, 11) is 1.48. The first-order valence-electron chi connectivity index (χ1n) is 3.17. The van der Waals surface area contributed by atoms with Crippen LogP contribution in [-0.2, 0) is 14.8 Å². The second-order valence-corrected chi connectivity index (χ2v) is 5.13. The topological polar surface area (TPSA) is 54.4 Å². The van der Waals surface area contributed by atoms with Gasteiger partial charge >= 0.3 is 0 Å². The van der Waals surface area contributed by atoms with Gasteiger partial charge in [0.05, 0.1) is 5.75 Å². The average molecular weight is 207 g/mol. The van der Waals surface area contributed by atoms with Crippen LogP contribution in [0.25, 0.3) is 0 Å². The van der Waals surface area contributed by atoms with Crippen LogP contribution in [0.1, 0.15) is 5.56 Å². The molecule has 3 nitrogen and oxygen atoms in total. The number of aromatic hydroxyl groups is 1. The van der Waals surface area contributed by atoms with Crippen LogP contribution in [0.5, 0.6) is 5.75 Å². The Balaban J connectivity index is 2.91. The summed E-state index contributed by atoms with van der Waals surface area (Å²) in [5.41, 5.74) is 0.477. The van der Waals surface area contributed by atoms with Crippen molar-refractivity contribution >= 4 is 19.7 Å². The highest BCUT2D eigenvalue weighted by molar-refractivity contribution is 8.13. The van der Waals surface area contributed by atoms with Gasteiger partial charge in [0.15, 0.2) is 0 Å². The summed E-state index contributed by atoms with van der Waals surface area (Å²) in [6, 6.07) is 5.97. The number of benzene rings is 1. The summed E-state index contributed by atoms with van der Waals surface area (Å²) in [4.78, 5) is 0. The van der Waals surface area contributed by atoms with E-state index in [2.05, 4.69) is 0 Å². The fraction of sp³-hybridized carbons (Fsp3) is 0.143. The van der Waals surface area contributed by atoms with Crippen LogP contribution >= 0.6 is 10.7 Å². The van der Waals surface area contributed by atoms with E-state index in [4.69, 9.17) is 15.8 Å². The molecule has 1 aromatic rings. The quantitative estimate of drug-likeness (QED) is 0.746. The van der Waals surface area contributed by atoms with Crippen molar-refractivity contribution in [1.82, 2.24) is 0 Å². The monoisotopic (exact) mass is 206 g/mol. The molecule has 12 heavy (non-hydrogen) atoms. The summed E-state index contributed by atoms with van der Waals surface area (Å²) in [6.07, 6.45) is 0. The van der Waals surface area contributed by atoms with Crippen molar-refractivity contribution in [3.05, 3.63) is 29.8 Å². The summed E-state index contributed by atoms with van der Waals surface area (Å²) < 4.78 is 21.2. The smallest absolute Gasteiger partial charge is 0.236 e. The van der Waals surface area contributed by atoms with Crippen LogP contribution < -0.4 is 0 Å². The van der Waals surface area contributed by atoms with Crippen LogP contribution in [0.3, 0.4) is 0 Å². The number of phenolic OH excluding ortho intramolecular Hbond substituents is 1. The van der Waals surface area contributed by atoms with E-state index in [0.29, 0.717) is 5.56 Å². The molecule has 0 fully saturated rings. The number of hydrogen-bond donors (Lipinski definition) is 1. The maximum absolute atomic E-state index is 10.6. The highest BCUT2D eigenvalue weighted by atomic mass is 35.7. The van der Waals surface area contributed by atoms with Crippen molar-refractivity contribution in [2.45, 2.75) is 5.75 Å². The minimum atomic E-state index is -3.53. The van der Waals surface area contributed by atoms with Crippen LogP contribution in [0.15, 0.2) is 24.3 Å². The largest absolute Gasteiger partial charge is 0.508 e. The lowest BCUT2D eigenvalue weighted by molar-refractivity contribution is 0.475. The third-order valence-corrected chi connectivity index (χ3v) is 2.26. The van der Waals surface area contributed by atoms with Gasteiger partial charge in [-0.15, -0.1) is 0 Å². The molecule has 0 aliphatic rings. The molecule has 5 heteroatoms. The van der Waals surface area contributed by atoms with Crippen molar-refractivity contribution in [1.29, 1.82) is 0 Å². The maximum Gasteiger partial charge on any atom is 0.236 e. The lowest BCUT2D eigenvalue weighted by Crippen LogP contribution is -1.93. The third kappa shape index (κ3) is 3.11. The van der Waals surface area contributed by atoms with Gasteiger partial charge in [-0.1, -0.05) is 12.1 Å². The molecule has 0 saturated carbocycles. The summed E-state index contributed by atoms with van der Waals surface area (Å²) in [5, 5.41) is 8.97. The summed E-state index contributed by atoms with van der Waals surface area (Å²) in [5.74, 6) is -0.226. The van der Waals surface area contributed by atoms with Crippen molar-refractivity contribution in [2.24, 2.45) is 0 Å². The number of halogens is 1. The molecular weight excluding hydrogens is 200 g/mol. The van der Waals surface area contributed by atoms with Crippen molar-refractivity contribution < 1.29 is 13.5 Å². The van der Waals surface area contributed by atoms with E-state index < -0.39 is 9.05 Å². The lowest BCUT2D eigenvalue weighted by Gasteiger charge is -1.97. The molecular formula is C7H7ClO3S. The molecule has 1 aromatic carbocycles. The van der Waals surface area contributed by atoms with E-state index in [0.717, 1.165) is 0 Å². The molecule has 0 spiro atoms. The first-order valence-corrected chi connectivity index (χ1v) is 5.65. The second kappa shape index (κ2) is 3.33. The Bertz CT molecular complexity index is 372. The van der Waals surface area contributed by atoms with E-state index in [1.807, 2.05) is 0 Å². The van der Waals surface area contributed by atoms with Gasteiger partial charge < -0.3 is 5.11 Å². The lowest BCUT2D eigenvalue weighted by atomic mass is 10.2. The van der Waals surface area contributed by atoms with E-state index in [9.17, 15) is 8.42 Å². The molecule has 0 saturated heterocycles. The predicted octanol–water partition coefficient (Wildman–Crippen LogP) is 1.46. The fourth-order valence-corrected chi connectivity index (χ4v) is 1.80. The molecule has 0 aromatic heterocycles. The van der Waals surface area contributed by atoms with Gasteiger partial charge in [0.1, 0.15) is 5.75 Å². The van der Waals surface area contributed by atoms with E-state index >= 15 is 0 Å². The molecule has 0 aliphatic heterocycles. The van der Waals surface area contributed by atoms with Crippen LogP contribution in [-0.4, -0.2) is 13.5 Å². The SMILES string of the molecule is O=S(=O)(Cl)Cc1cccc(O)c1. The van der Waals surface area contributed by atoms with E-state index in [1.165, 1.54) is 12.1 Å². The molecule has 0 radical (unpaired) electrons. The molecule has 0 heterocycles. The van der Waals surface area contributed by atoms with Gasteiger partial charge in [-0.3, -0.25) is 0 Å². The zero-order chi connectivity index (χ0) is 9.19. The Labute approximate surface area is 75.0 Å². The zero-order valence-corrected chi connectivity index (χ0v) is 7.64. The van der Waals surface area contributed by atoms with Crippen molar-refractivity contribution in [3.63, 3.8) is 0 Å². The summed E-state index contributed by atoms with van der Waals surface area (Å²) >= 11 is 0. The molecule has 1 rings (SSSR count). The second-order valence-electron chi connectivity index (χ2n) is 2.35. The van der Waals surface area contributed by atoms with E-state index in [-0.39, 0.29) is 11.5 Å². The minimum absolute atomic E-state index is 0.0350. The Morgan fingerprint density at radius 3 is 2.58 bits per heavy atom. The molecule has 0 aliphatic carbocycles. The van der Waals surface area contributed by atoms with Crippen LogP contribution in [0.4, 0.5) is 0 Å². The molecule has 66 valence electrons. The Kier molecular flexibility index (Phi) is 2.59. The first-order chi connectivity index (χ1) is 5.47. The number of hydrogen-bond acceptors (Lipinski definition) is 3. The van der Waals surface area contributed by atoms with Gasteiger partial charge in [0.25, 0.3) is 0 Å². The average Bonchev–Trinajstić information content (AvgIpc) is 1.82. The van der Waals surface area contributed by atoms with Gasteiger partial charge in [-0.05, 0) is 17.7 Å². The fourth-order valence-electron chi connectivity index (χ4n) is 0.845. The first kappa shape index (κ1) is 9.35. The van der Waals surface area contributed by atoms with E-state index in [1.54, 1.807) is 12.1 Å². The Morgan fingerprint density at radius 2 is 2.08 bits per heavy atom. The standard InChI is InChI=1S/C7H7ClO3S/c8-12(10,11)5-6-2-1-3-7(9)4-6/h1-4,9H,5H2. The normalized spacial score (nSPS) is 11.4. The molecule has 1 N–H and O–H groups in total. The Morgan fingerprint density at radius 1 is 1.42 bits per heavy atom. The van der Waals surface area contributed by atoms with Gasteiger partial charge in [0.2, 0.25) is 9.05 Å². The van der Waals surface area contributed by atoms with Crippen molar-refractivity contribution in [2.75, 3.05) is 0 Å². The molecule has 0 amide bonds. The van der Waals surface area contributed by atoms with Gasteiger partial charge in [-0.25, -0.2) is 8.42 Å². The van der Waals surface area contributed by atoms with Gasteiger partial charge in [-0.2, -0.15) is 0 Å². The van der Waals surface area contributed by atoms with Crippen LogP contribution in [0.2, 0.25) is 0 Å². The third-order valence-electron chi connectivity index (χ3n) is 1.25. The minimum Gasteiger partial charge on any atom is -0.508 e. The molecule has 0 unspecified atom stereocenters. The van der Waals surface area contributed by atoms with Crippen molar-refractivity contribution in [3.8, 4) is 5.75 Å². The Hall–Kier alpha value is -0.740. The maximum atomic E-state index is 10.6. The number of phenols is 1. The highest BCUT2D eigenvalue weighted by Crippen LogP contribution is 2.14. The molecule has 0 bridgehead atoms. The zero-order valence-electron chi connectivity index (χ0n) is 6.07. The highest BCUT2D eigenvalue weighted by Gasteiger charge is 2.06. The predicted molar refractivity (Wildman–Crippen MR) is 46.6 cm³/mol. The molecule has 0 atom stereocenters.